The van der Waals surface area contributed by atoms with E-state index in [2.05, 4.69) is 17.1 Å². The largest absolute Gasteiger partial charge is 0.417 e. The summed E-state index contributed by atoms with van der Waals surface area (Å²) < 4.78 is 64.1. The highest BCUT2D eigenvalue weighted by Gasteiger charge is 2.34. The Labute approximate surface area is 180 Å². The maximum atomic E-state index is 13.1. The molecule has 1 aromatic carbocycles. The van der Waals surface area contributed by atoms with Gasteiger partial charge in [-0.05, 0) is 63.0 Å². The zero-order valence-electron chi connectivity index (χ0n) is 17.0. The predicted octanol–water partition coefficient (Wildman–Crippen LogP) is 3.36. The molecule has 0 bridgehead atoms. The summed E-state index contributed by atoms with van der Waals surface area (Å²) in [4.78, 5) is 14.6. The van der Waals surface area contributed by atoms with Crippen molar-refractivity contribution in [3.63, 3.8) is 0 Å². The molecule has 0 atom stereocenters. The smallest absolute Gasteiger partial charge is 0.354 e. The number of hydrogen-bond acceptors (Lipinski definition) is 4. The zero-order chi connectivity index (χ0) is 22.5. The Bertz CT molecular complexity index is 841. The van der Waals surface area contributed by atoms with Gasteiger partial charge in [0.1, 0.15) is 6.54 Å². The van der Waals surface area contributed by atoms with Gasteiger partial charge >= 0.3 is 6.18 Å². The lowest BCUT2D eigenvalue weighted by Gasteiger charge is -2.30. The first-order valence-corrected chi connectivity index (χ1v) is 11.9. The monoisotopic (exact) mass is 469 g/mol. The number of likely N-dealkylation sites (tertiary alicyclic amines) is 1. The van der Waals surface area contributed by atoms with Crippen molar-refractivity contribution in [2.75, 3.05) is 43.3 Å². The molecule has 1 fully saturated rings. The predicted molar refractivity (Wildman–Crippen MR) is 111 cm³/mol. The molecule has 1 N–H and O–H groups in total. The van der Waals surface area contributed by atoms with E-state index in [0.29, 0.717) is 23.3 Å². The van der Waals surface area contributed by atoms with Crippen LogP contribution in [-0.4, -0.2) is 58.2 Å². The molecule has 2 rings (SSSR count). The first-order chi connectivity index (χ1) is 13.9. The molecule has 1 amide bonds. The lowest BCUT2D eigenvalue weighted by Crippen LogP contribution is -2.41. The minimum absolute atomic E-state index is 0.271. The highest BCUT2D eigenvalue weighted by molar-refractivity contribution is 7.92. The van der Waals surface area contributed by atoms with E-state index in [4.69, 9.17) is 11.6 Å². The van der Waals surface area contributed by atoms with Crippen LogP contribution in [0.3, 0.4) is 0 Å². The molecule has 1 saturated heterocycles. The Hall–Kier alpha value is -1.52. The number of rotatable bonds is 8. The Balaban J connectivity index is 1.96. The van der Waals surface area contributed by atoms with Gasteiger partial charge < -0.3 is 10.2 Å². The quantitative estimate of drug-likeness (QED) is 0.593. The summed E-state index contributed by atoms with van der Waals surface area (Å²) in [6, 6.07) is 2.74. The third kappa shape index (κ3) is 7.31. The maximum absolute atomic E-state index is 13.1. The van der Waals surface area contributed by atoms with E-state index < -0.39 is 39.2 Å². The van der Waals surface area contributed by atoms with Crippen molar-refractivity contribution >= 4 is 33.2 Å². The molecule has 0 aromatic heterocycles. The minimum Gasteiger partial charge on any atom is -0.354 e. The summed E-state index contributed by atoms with van der Waals surface area (Å²) in [6.07, 6.45) is -0.907. The van der Waals surface area contributed by atoms with Crippen LogP contribution in [0.5, 0.6) is 0 Å². The van der Waals surface area contributed by atoms with Gasteiger partial charge in [-0.25, -0.2) is 8.42 Å². The summed E-state index contributed by atoms with van der Waals surface area (Å²) >= 11 is 5.59. The SMILES string of the molecule is CC1CCN(CCCNC(=O)CN(c2ccc(Cl)c(C(F)(F)F)c2)S(C)(=O)=O)CC1. The molecular formula is C19H27ClF3N3O3S. The fourth-order valence-corrected chi connectivity index (χ4v) is 4.36. The second-order valence-electron chi connectivity index (χ2n) is 7.66. The molecule has 1 aliphatic heterocycles. The molecule has 0 spiro atoms. The molecule has 170 valence electrons. The van der Waals surface area contributed by atoms with Crippen molar-refractivity contribution in [2.24, 2.45) is 5.92 Å². The Morgan fingerprint density at radius 1 is 1.30 bits per heavy atom. The number of nitrogens with one attached hydrogen (secondary N) is 1. The van der Waals surface area contributed by atoms with Crippen molar-refractivity contribution in [2.45, 2.75) is 32.4 Å². The number of halogens is 4. The van der Waals surface area contributed by atoms with Gasteiger partial charge in [0.2, 0.25) is 15.9 Å². The standard InChI is InChI=1S/C19H27ClF3N3O3S/c1-14-6-10-25(11-7-14)9-3-8-24-18(27)13-26(30(2,28)29)15-4-5-17(20)16(12-15)19(21,22)23/h4-5,12,14H,3,6-11,13H2,1-2H3,(H,24,27). The summed E-state index contributed by atoms with van der Waals surface area (Å²) in [5.41, 5.74) is -1.43. The molecule has 6 nitrogen and oxygen atoms in total. The Kier molecular flexibility index (Phi) is 8.41. The zero-order valence-corrected chi connectivity index (χ0v) is 18.6. The highest BCUT2D eigenvalue weighted by atomic mass is 35.5. The first-order valence-electron chi connectivity index (χ1n) is 9.71. The Morgan fingerprint density at radius 2 is 1.93 bits per heavy atom. The van der Waals surface area contributed by atoms with E-state index in [0.717, 1.165) is 56.8 Å². The average Bonchev–Trinajstić information content (AvgIpc) is 2.63. The topological polar surface area (TPSA) is 69.7 Å². The molecule has 0 saturated carbocycles. The number of carbonyl (C=O) groups excluding carboxylic acids is 1. The molecule has 1 aliphatic rings. The number of nitrogens with zero attached hydrogens (tertiary/aromatic N) is 2. The normalized spacial score (nSPS) is 16.5. The second kappa shape index (κ2) is 10.2. The molecule has 0 radical (unpaired) electrons. The van der Waals surface area contributed by atoms with Crippen LogP contribution in [0.1, 0.15) is 31.7 Å². The summed E-state index contributed by atoms with van der Waals surface area (Å²) in [5, 5.41) is 2.09. The third-order valence-electron chi connectivity index (χ3n) is 5.08. The average molecular weight is 470 g/mol. The van der Waals surface area contributed by atoms with E-state index in [1.54, 1.807) is 0 Å². The van der Waals surface area contributed by atoms with Gasteiger partial charge in [-0.2, -0.15) is 13.2 Å². The lowest BCUT2D eigenvalue weighted by molar-refractivity contribution is -0.137. The van der Waals surface area contributed by atoms with Crippen molar-refractivity contribution in [3.8, 4) is 0 Å². The number of sulfonamides is 1. The molecule has 0 unspecified atom stereocenters. The maximum Gasteiger partial charge on any atom is 0.417 e. The third-order valence-corrected chi connectivity index (χ3v) is 6.55. The van der Waals surface area contributed by atoms with Gasteiger partial charge in [-0.3, -0.25) is 9.10 Å². The number of amides is 1. The molecule has 11 heteroatoms. The van der Waals surface area contributed by atoms with Crippen LogP contribution >= 0.6 is 11.6 Å². The van der Waals surface area contributed by atoms with Crippen LogP contribution in [0.15, 0.2) is 18.2 Å². The van der Waals surface area contributed by atoms with E-state index >= 15 is 0 Å². The van der Waals surface area contributed by atoms with E-state index in [1.165, 1.54) is 0 Å². The number of alkyl halides is 3. The van der Waals surface area contributed by atoms with E-state index in [1.807, 2.05) is 0 Å². The Morgan fingerprint density at radius 3 is 2.50 bits per heavy atom. The summed E-state index contributed by atoms with van der Waals surface area (Å²) in [7, 11) is -3.99. The minimum atomic E-state index is -4.75. The molecular weight excluding hydrogens is 443 g/mol. The fraction of sp³-hybridized carbons (Fsp3) is 0.632. The molecule has 1 aromatic rings. The van der Waals surface area contributed by atoms with Gasteiger partial charge in [0.05, 0.1) is 22.5 Å². The van der Waals surface area contributed by atoms with Crippen molar-refractivity contribution in [1.82, 2.24) is 10.2 Å². The van der Waals surface area contributed by atoms with Crippen LogP contribution in [0.4, 0.5) is 18.9 Å². The van der Waals surface area contributed by atoms with Gasteiger partial charge in [0.25, 0.3) is 0 Å². The fourth-order valence-electron chi connectivity index (χ4n) is 3.29. The van der Waals surface area contributed by atoms with Gasteiger partial charge in [-0.1, -0.05) is 18.5 Å². The first kappa shape index (κ1) is 24.7. The number of benzene rings is 1. The summed E-state index contributed by atoms with van der Waals surface area (Å²) in [6.45, 7) is 4.85. The van der Waals surface area contributed by atoms with Crippen LogP contribution in [0.25, 0.3) is 0 Å². The molecule has 1 heterocycles. The highest BCUT2D eigenvalue weighted by Crippen LogP contribution is 2.37. The lowest BCUT2D eigenvalue weighted by atomic mass is 9.99. The summed E-state index contributed by atoms with van der Waals surface area (Å²) in [5.74, 6) is 0.143. The molecule has 30 heavy (non-hydrogen) atoms. The number of anilines is 1. The van der Waals surface area contributed by atoms with Gasteiger partial charge in [0.15, 0.2) is 0 Å². The van der Waals surface area contributed by atoms with Crippen molar-refractivity contribution in [3.05, 3.63) is 28.8 Å². The van der Waals surface area contributed by atoms with Crippen LogP contribution in [-0.2, 0) is 21.0 Å². The van der Waals surface area contributed by atoms with Crippen LogP contribution < -0.4 is 9.62 Å². The van der Waals surface area contributed by atoms with E-state index in [-0.39, 0.29) is 5.69 Å². The second-order valence-corrected chi connectivity index (χ2v) is 9.97. The van der Waals surface area contributed by atoms with Crippen molar-refractivity contribution < 1.29 is 26.4 Å². The number of hydrogen-bond donors (Lipinski definition) is 1. The van der Waals surface area contributed by atoms with Crippen LogP contribution in [0, 0.1) is 5.92 Å². The van der Waals surface area contributed by atoms with Crippen LogP contribution in [0.2, 0.25) is 5.02 Å². The van der Waals surface area contributed by atoms with Gasteiger partial charge in [0, 0.05) is 6.54 Å². The van der Waals surface area contributed by atoms with Crippen molar-refractivity contribution in [1.29, 1.82) is 0 Å². The van der Waals surface area contributed by atoms with Gasteiger partial charge in [-0.15, -0.1) is 0 Å². The molecule has 0 aliphatic carbocycles. The van der Waals surface area contributed by atoms with E-state index in [9.17, 15) is 26.4 Å². The number of carbonyl (C=O) groups is 1. The number of piperidine rings is 1.